The van der Waals surface area contributed by atoms with Gasteiger partial charge in [-0.2, -0.15) is 0 Å². The van der Waals surface area contributed by atoms with Crippen LogP contribution in [0, 0.1) is 0 Å². The van der Waals surface area contributed by atoms with Crippen LogP contribution in [-0.4, -0.2) is 50.1 Å². The number of hydrogen-bond donors (Lipinski definition) is 2. The van der Waals surface area contributed by atoms with E-state index in [-0.39, 0.29) is 11.3 Å². The number of piperidine rings is 1. The first-order valence-corrected chi connectivity index (χ1v) is 8.44. The van der Waals surface area contributed by atoms with Gasteiger partial charge in [-0.15, -0.1) is 0 Å². The van der Waals surface area contributed by atoms with E-state index >= 15 is 0 Å². The maximum Gasteiger partial charge on any atom is 0.234 e. The van der Waals surface area contributed by atoms with Gasteiger partial charge in [0.2, 0.25) is 5.91 Å². The van der Waals surface area contributed by atoms with Crippen LogP contribution >= 0.6 is 0 Å². The number of rotatable bonds is 6. The normalized spacial score (nSPS) is 24.0. The van der Waals surface area contributed by atoms with E-state index in [2.05, 4.69) is 39.8 Å². The van der Waals surface area contributed by atoms with Crippen molar-refractivity contribution in [3.8, 4) is 0 Å². The molecular weight excluding hydrogens is 274 g/mol. The molecule has 4 nitrogen and oxygen atoms in total. The smallest absolute Gasteiger partial charge is 0.234 e. The summed E-state index contributed by atoms with van der Waals surface area (Å²) in [6.45, 7) is 3.32. The lowest BCUT2D eigenvalue weighted by atomic mass is 9.96. The Labute approximate surface area is 133 Å². The Morgan fingerprint density at radius 2 is 2.09 bits per heavy atom. The maximum absolute atomic E-state index is 12.2. The highest BCUT2D eigenvalue weighted by Crippen LogP contribution is 2.47. The van der Waals surface area contributed by atoms with Gasteiger partial charge in [0, 0.05) is 24.5 Å². The summed E-state index contributed by atoms with van der Waals surface area (Å²) in [6.07, 6.45) is 4.75. The molecule has 4 heteroatoms. The van der Waals surface area contributed by atoms with Crippen molar-refractivity contribution in [1.29, 1.82) is 0 Å². The first-order chi connectivity index (χ1) is 10.7. The number of likely N-dealkylation sites (N-methyl/N-ethyl adjacent to an activating group) is 1. The minimum absolute atomic E-state index is 0.166. The summed E-state index contributed by atoms with van der Waals surface area (Å²) in [6, 6.07) is 11.1. The summed E-state index contributed by atoms with van der Waals surface area (Å²) < 4.78 is 0. The molecule has 0 bridgehead atoms. The lowest BCUT2D eigenvalue weighted by Crippen LogP contribution is -2.48. The second kappa shape index (κ2) is 6.80. The number of nitrogens with one attached hydrogen (secondary N) is 2. The molecule has 2 aliphatic rings. The Balaban J connectivity index is 1.47. The van der Waals surface area contributed by atoms with Crippen molar-refractivity contribution in [1.82, 2.24) is 15.5 Å². The third kappa shape index (κ3) is 3.68. The largest absolute Gasteiger partial charge is 0.354 e. The van der Waals surface area contributed by atoms with Crippen molar-refractivity contribution in [2.75, 3.05) is 33.2 Å². The fourth-order valence-corrected chi connectivity index (χ4v) is 3.47. The van der Waals surface area contributed by atoms with E-state index in [4.69, 9.17) is 0 Å². The van der Waals surface area contributed by atoms with Crippen LogP contribution in [0.15, 0.2) is 30.3 Å². The van der Waals surface area contributed by atoms with E-state index in [0.29, 0.717) is 12.6 Å². The van der Waals surface area contributed by atoms with Crippen LogP contribution in [0.4, 0.5) is 0 Å². The van der Waals surface area contributed by atoms with Crippen molar-refractivity contribution in [2.45, 2.75) is 37.1 Å². The molecule has 3 rings (SSSR count). The number of carbonyl (C=O) groups is 1. The Kier molecular flexibility index (Phi) is 4.79. The van der Waals surface area contributed by atoms with Crippen molar-refractivity contribution in [3.05, 3.63) is 35.9 Å². The van der Waals surface area contributed by atoms with E-state index in [1.807, 2.05) is 13.1 Å². The standard InChI is InChI=1S/C18H27N3O/c1-19-16-8-5-11-21(12-16)13-17(22)20-14-18(9-10-18)15-6-3-2-4-7-15/h2-4,6-7,16,19H,5,8-14H2,1H3,(H,20,22). The van der Waals surface area contributed by atoms with Crippen LogP contribution in [0.25, 0.3) is 0 Å². The quantitative estimate of drug-likeness (QED) is 0.837. The van der Waals surface area contributed by atoms with Gasteiger partial charge in [0.25, 0.3) is 0 Å². The first kappa shape index (κ1) is 15.5. The van der Waals surface area contributed by atoms with E-state index in [0.717, 1.165) is 19.6 Å². The molecule has 1 saturated heterocycles. The van der Waals surface area contributed by atoms with Crippen LogP contribution in [0.2, 0.25) is 0 Å². The maximum atomic E-state index is 12.2. The SMILES string of the molecule is CNC1CCCN(CC(=O)NCC2(c3ccccc3)CC2)C1. The molecule has 1 aliphatic carbocycles. The molecule has 2 fully saturated rings. The molecule has 0 radical (unpaired) electrons. The molecule has 1 aromatic carbocycles. The van der Waals surface area contributed by atoms with Gasteiger partial charge in [-0.25, -0.2) is 0 Å². The predicted octanol–water partition coefficient (Wildman–Crippen LogP) is 1.52. The van der Waals surface area contributed by atoms with E-state index in [1.165, 1.54) is 31.2 Å². The zero-order valence-corrected chi connectivity index (χ0v) is 13.5. The van der Waals surface area contributed by atoms with Gasteiger partial charge >= 0.3 is 0 Å². The van der Waals surface area contributed by atoms with E-state index in [9.17, 15) is 4.79 Å². The van der Waals surface area contributed by atoms with Crippen LogP contribution in [0.5, 0.6) is 0 Å². The number of amides is 1. The number of benzene rings is 1. The molecular formula is C18H27N3O. The number of likely N-dealkylation sites (tertiary alicyclic amines) is 1. The summed E-state index contributed by atoms with van der Waals surface area (Å²) in [5.74, 6) is 0.166. The average Bonchev–Trinajstić information content (AvgIpc) is 3.35. The minimum atomic E-state index is 0.166. The van der Waals surface area contributed by atoms with Gasteiger partial charge in [-0.05, 0) is 44.8 Å². The van der Waals surface area contributed by atoms with Crippen molar-refractivity contribution < 1.29 is 4.79 Å². The summed E-state index contributed by atoms with van der Waals surface area (Å²) in [5, 5.41) is 6.48. The summed E-state index contributed by atoms with van der Waals surface area (Å²) in [4.78, 5) is 14.5. The van der Waals surface area contributed by atoms with Crippen LogP contribution in [0.1, 0.15) is 31.2 Å². The zero-order chi connectivity index (χ0) is 15.4. The van der Waals surface area contributed by atoms with E-state index < -0.39 is 0 Å². The highest BCUT2D eigenvalue weighted by molar-refractivity contribution is 5.78. The molecule has 1 aliphatic heterocycles. The van der Waals surface area contributed by atoms with Gasteiger partial charge < -0.3 is 10.6 Å². The predicted molar refractivity (Wildman–Crippen MR) is 88.9 cm³/mol. The molecule has 1 amide bonds. The molecule has 22 heavy (non-hydrogen) atoms. The second-order valence-electron chi connectivity index (χ2n) is 6.79. The van der Waals surface area contributed by atoms with Crippen molar-refractivity contribution in [2.24, 2.45) is 0 Å². The molecule has 1 aromatic rings. The first-order valence-electron chi connectivity index (χ1n) is 8.44. The Morgan fingerprint density at radius 1 is 1.32 bits per heavy atom. The van der Waals surface area contributed by atoms with Crippen LogP contribution in [-0.2, 0) is 10.2 Å². The Hall–Kier alpha value is -1.39. The van der Waals surface area contributed by atoms with E-state index in [1.54, 1.807) is 0 Å². The fraction of sp³-hybridized carbons (Fsp3) is 0.611. The molecule has 1 atom stereocenters. The molecule has 1 saturated carbocycles. The highest BCUT2D eigenvalue weighted by atomic mass is 16.2. The molecule has 1 heterocycles. The number of nitrogens with zero attached hydrogens (tertiary/aromatic N) is 1. The molecule has 2 N–H and O–H groups in total. The third-order valence-electron chi connectivity index (χ3n) is 5.14. The second-order valence-corrected chi connectivity index (χ2v) is 6.79. The Bertz CT molecular complexity index is 498. The summed E-state index contributed by atoms with van der Waals surface area (Å²) in [5.41, 5.74) is 1.57. The van der Waals surface area contributed by atoms with Gasteiger partial charge in [0.15, 0.2) is 0 Å². The van der Waals surface area contributed by atoms with Gasteiger partial charge in [-0.1, -0.05) is 30.3 Å². The summed E-state index contributed by atoms with van der Waals surface area (Å²) >= 11 is 0. The van der Waals surface area contributed by atoms with Gasteiger partial charge in [-0.3, -0.25) is 9.69 Å². The third-order valence-corrected chi connectivity index (χ3v) is 5.14. The number of hydrogen-bond acceptors (Lipinski definition) is 3. The average molecular weight is 301 g/mol. The topological polar surface area (TPSA) is 44.4 Å². The van der Waals surface area contributed by atoms with Crippen molar-refractivity contribution >= 4 is 5.91 Å². The van der Waals surface area contributed by atoms with Crippen LogP contribution < -0.4 is 10.6 Å². The zero-order valence-electron chi connectivity index (χ0n) is 13.5. The van der Waals surface area contributed by atoms with Gasteiger partial charge in [0.05, 0.1) is 6.54 Å². The molecule has 1 unspecified atom stereocenters. The Morgan fingerprint density at radius 3 is 2.77 bits per heavy atom. The lowest BCUT2D eigenvalue weighted by molar-refractivity contribution is -0.122. The van der Waals surface area contributed by atoms with Gasteiger partial charge in [0.1, 0.15) is 0 Å². The minimum Gasteiger partial charge on any atom is -0.354 e. The van der Waals surface area contributed by atoms with Crippen LogP contribution in [0.3, 0.4) is 0 Å². The highest BCUT2D eigenvalue weighted by Gasteiger charge is 2.44. The lowest BCUT2D eigenvalue weighted by Gasteiger charge is -2.32. The molecule has 0 spiro atoms. The monoisotopic (exact) mass is 301 g/mol. The fourth-order valence-electron chi connectivity index (χ4n) is 3.47. The van der Waals surface area contributed by atoms with Crippen molar-refractivity contribution in [3.63, 3.8) is 0 Å². The summed E-state index contributed by atoms with van der Waals surface area (Å²) in [7, 11) is 2.00. The molecule has 0 aromatic heterocycles. The number of carbonyl (C=O) groups excluding carboxylic acids is 1. The molecule has 120 valence electrons.